The first-order valence-corrected chi connectivity index (χ1v) is 6.96. The number of hydrogen-bond donors (Lipinski definition) is 1. The van der Waals surface area contributed by atoms with Gasteiger partial charge in [0.2, 0.25) is 0 Å². The van der Waals surface area contributed by atoms with Gasteiger partial charge in [-0.3, -0.25) is 0 Å². The summed E-state index contributed by atoms with van der Waals surface area (Å²) in [5, 5.41) is 19.9. The Hall–Kier alpha value is -2.48. The molecular weight excluding hydrogens is 267 g/mol. The van der Waals surface area contributed by atoms with Gasteiger partial charge >= 0.3 is 0 Å². The third-order valence-corrected chi connectivity index (χ3v) is 3.99. The van der Waals surface area contributed by atoms with Gasteiger partial charge in [0, 0.05) is 0 Å². The van der Waals surface area contributed by atoms with Gasteiger partial charge in [0.05, 0.1) is 6.04 Å². The molecule has 0 amide bonds. The Labute approximate surface area is 122 Å². The van der Waals surface area contributed by atoms with Crippen LogP contribution in [0.4, 0.5) is 10.2 Å². The number of aromatic nitrogens is 2. The summed E-state index contributed by atoms with van der Waals surface area (Å²) in [7, 11) is 0. The second kappa shape index (κ2) is 5.49. The number of nitriles is 1. The summed E-state index contributed by atoms with van der Waals surface area (Å²) in [6.07, 6.45) is 1.69. The second-order valence-electron chi connectivity index (χ2n) is 5.36. The Morgan fingerprint density at radius 2 is 2.14 bits per heavy atom. The van der Waals surface area contributed by atoms with Crippen LogP contribution in [0.15, 0.2) is 30.3 Å². The van der Waals surface area contributed by atoms with Crippen LogP contribution in [0.1, 0.15) is 36.2 Å². The number of nitrogens with one attached hydrogen (secondary N) is 1. The molecule has 0 saturated heterocycles. The summed E-state index contributed by atoms with van der Waals surface area (Å²) < 4.78 is 13.9. The monoisotopic (exact) mass is 282 g/mol. The average Bonchev–Trinajstić information content (AvgIpc) is 2.51. The number of rotatable bonds is 2. The highest BCUT2D eigenvalue weighted by Crippen LogP contribution is 2.37. The van der Waals surface area contributed by atoms with Gasteiger partial charge in [-0.2, -0.15) is 5.26 Å². The van der Waals surface area contributed by atoms with Crippen LogP contribution >= 0.6 is 0 Å². The van der Waals surface area contributed by atoms with Crippen LogP contribution in [0, 0.1) is 23.1 Å². The molecule has 0 saturated carbocycles. The molecule has 1 aromatic heterocycles. The lowest BCUT2D eigenvalue weighted by atomic mass is 9.80. The van der Waals surface area contributed by atoms with E-state index in [0.717, 1.165) is 24.0 Å². The molecule has 2 aromatic rings. The molecule has 2 unspecified atom stereocenters. The summed E-state index contributed by atoms with van der Waals surface area (Å²) in [6, 6.07) is 10.5. The van der Waals surface area contributed by atoms with Crippen LogP contribution in [-0.4, -0.2) is 10.2 Å². The van der Waals surface area contributed by atoms with Gasteiger partial charge in [-0.1, -0.05) is 19.1 Å². The Bertz CT molecular complexity index is 690. The molecule has 21 heavy (non-hydrogen) atoms. The predicted octanol–water partition coefficient (Wildman–Crippen LogP) is 3.22. The normalized spacial score (nSPS) is 20.4. The lowest BCUT2D eigenvalue weighted by molar-refractivity contribution is 0.422. The van der Waals surface area contributed by atoms with E-state index in [2.05, 4.69) is 22.4 Å². The zero-order chi connectivity index (χ0) is 14.8. The molecule has 0 radical (unpaired) electrons. The highest BCUT2D eigenvalue weighted by atomic mass is 19.1. The fourth-order valence-corrected chi connectivity index (χ4v) is 2.82. The smallest absolute Gasteiger partial charge is 0.163 e. The van der Waals surface area contributed by atoms with Gasteiger partial charge in [0.15, 0.2) is 5.69 Å². The highest BCUT2D eigenvalue weighted by molar-refractivity contribution is 5.43. The van der Waals surface area contributed by atoms with Gasteiger partial charge in [0.25, 0.3) is 0 Å². The first kappa shape index (κ1) is 13.5. The van der Waals surface area contributed by atoms with Crippen molar-refractivity contribution in [3.8, 4) is 6.07 Å². The number of hydrogen-bond acceptors (Lipinski definition) is 4. The van der Waals surface area contributed by atoms with Crippen molar-refractivity contribution in [3.63, 3.8) is 0 Å². The van der Waals surface area contributed by atoms with Crippen LogP contribution < -0.4 is 5.32 Å². The Balaban J connectivity index is 1.91. The molecule has 1 aliphatic rings. The lowest BCUT2D eigenvalue weighted by Gasteiger charge is -2.32. The van der Waals surface area contributed by atoms with Crippen LogP contribution in [0.25, 0.3) is 0 Å². The Kier molecular flexibility index (Phi) is 3.53. The molecule has 1 heterocycles. The van der Waals surface area contributed by atoms with E-state index in [0.29, 0.717) is 11.7 Å². The zero-order valence-corrected chi connectivity index (χ0v) is 11.7. The van der Waals surface area contributed by atoms with E-state index in [1.807, 2.05) is 12.1 Å². The number of halogens is 1. The van der Waals surface area contributed by atoms with E-state index in [-0.39, 0.29) is 17.6 Å². The van der Waals surface area contributed by atoms with Crippen LogP contribution in [0.3, 0.4) is 0 Å². The Morgan fingerprint density at radius 1 is 1.29 bits per heavy atom. The first-order chi connectivity index (χ1) is 10.2. The molecule has 0 aliphatic heterocycles. The zero-order valence-electron chi connectivity index (χ0n) is 11.7. The van der Waals surface area contributed by atoms with Crippen molar-refractivity contribution in [3.05, 3.63) is 53.0 Å². The molecular formula is C16H15FN4. The maximum Gasteiger partial charge on any atom is 0.163 e. The van der Waals surface area contributed by atoms with Gasteiger partial charge in [0.1, 0.15) is 17.7 Å². The van der Waals surface area contributed by atoms with Crippen molar-refractivity contribution in [2.75, 3.05) is 5.32 Å². The maximum atomic E-state index is 13.9. The van der Waals surface area contributed by atoms with Crippen molar-refractivity contribution in [1.29, 1.82) is 5.26 Å². The van der Waals surface area contributed by atoms with Crippen LogP contribution in [0.2, 0.25) is 0 Å². The quantitative estimate of drug-likeness (QED) is 0.918. The summed E-state index contributed by atoms with van der Waals surface area (Å²) >= 11 is 0. The highest BCUT2D eigenvalue weighted by Gasteiger charge is 2.28. The number of fused-ring (bicyclic) bond motifs is 1. The molecule has 1 N–H and O–H groups in total. The fourth-order valence-electron chi connectivity index (χ4n) is 2.82. The van der Waals surface area contributed by atoms with Crippen molar-refractivity contribution in [2.45, 2.75) is 25.8 Å². The molecule has 106 valence electrons. The molecule has 2 atom stereocenters. The van der Waals surface area contributed by atoms with Crippen molar-refractivity contribution < 1.29 is 4.39 Å². The van der Waals surface area contributed by atoms with E-state index in [4.69, 9.17) is 5.26 Å². The van der Waals surface area contributed by atoms with Crippen LogP contribution in [0.5, 0.6) is 0 Å². The van der Waals surface area contributed by atoms with Gasteiger partial charge < -0.3 is 5.32 Å². The van der Waals surface area contributed by atoms with Gasteiger partial charge in [-0.05, 0) is 48.1 Å². The first-order valence-electron chi connectivity index (χ1n) is 6.96. The van der Waals surface area contributed by atoms with E-state index in [1.165, 1.54) is 6.07 Å². The summed E-state index contributed by atoms with van der Waals surface area (Å²) in [4.78, 5) is 0. The van der Waals surface area contributed by atoms with E-state index in [1.54, 1.807) is 18.2 Å². The molecule has 3 rings (SSSR count). The second-order valence-corrected chi connectivity index (χ2v) is 5.36. The van der Waals surface area contributed by atoms with Gasteiger partial charge in [-0.25, -0.2) is 4.39 Å². The van der Waals surface area contributed by atoms with Crippen molar-refractivity contribution in [2.24, 2.45) is 5.92 Å². The SMILES string of the molecule is CC1CCc2c(F)cccc2C1Nc1ccc(C#N)nn1. The predicted molar refractivity (Wildman–Crippen MR) is 77.0 cm³/mol. The van der Waals surface area contributed by atoms with Crippen molar-refractivity contribution in [1.82, 2.24) is 10.2 Å². The Morgan fingerprint density at radius 3 is 2.86 bits per heavy atom. The molecule has 0 bridgehead atoms. The van der Waals surface area contributed by atoms with E-state index < -0.39 is 0 Å². The minimum atomic E-state index is -0.142. The van der Waals surface area contributed by atoms with Crippen molar-refractivity contribution >= 4 is 5.82 Å². The lowest BCUT2D eigenvalue weighted by Crippen LogP contribution is -2.26. The third-order valence-electron chi connectivity index (χ3n) is 3.99. The molecule has 1 aliphatic carbocycles. The molecule has 5 heteroatoms. The molecule has 0 fully saturated rings. The molecule has 4 nitrogen and oxygen atoms in total. The molecule has 0 spiro atoms. The molecule has 1 aromatic carbocycles. The standard InChI is InChI=1S/C16H15FN4/c1-10-5-7-12-13(3-2-4-14(12)17)16(10)19-15-8-6-11(9-18)20-21-15/h2-4,6,8,10,16H,5,7H2,1H3,(H,19,21). The average molecular weight is 282 g/mol. The fraction of sp³-hybridized carbons (Fsp3) is 0.312. The summed E-state index contributed by atoms with van der Waals surface area (Å²) in [5.41, 5.74) is 2.05. The van der Waals surface area contributed by atoms with Crippen LogP contribution in [-0.2, 0) is 6.42 Å². The number of benzene rings is 1. The summed E-state index contributed by atoms with van der Waals surface area (Å²) in [5.74, 6) is 0.830. The van der Waals surface area contributed by atoms with Gasteiger partial charge in [-0.15, -0.1) is 10.2 Å². The third kappa shape index (κ3) is 2.57. The summed E-state index contributed by atoms with van der Waals surface area (Å²) in [6.45, 7) is 2.14. The minimum Gasteiger partial charge on any atom is -0.361 e. The largest absolute Gasteiger partial charge is 0.361 e. The van der Waals surface area contributed by atoms with E-state index in [9.17, 15) is 4.39 Å². The number of nitrogens with zero attached hydrogens (tertiary/aromatic N) is 3. The maximum absolute atomic E-state index is 13.9. The minimum absolute atomic E-state index is 0.00619. The number of anilines is 1. The topological polar surface area (TPSA) is 61.6 Å². The van der Waals surface area contributed by atoms with E-state index >= 15 is 0 Å².